The first kappa shape index (κ1) is 36.0. The van der Waals surface area contributed by atoms with E-state index in [9.17, 15) is 0 Å². The zero-order valence-corrected chi connectivity index (χ0v) is 35.6. The third-order valence-electron chi connectivity index (χ3n) is 13.6. The van der Waals surface area contributed by atoms with Crippen LogP contribution in [-0.4, -0.2) is 0 Å². The molecule has 0 unspecified atom stereocenters. The Bertz CT molecular complexity index is 3390. The molecule has 0 saturated heterocycles. The second kappa shape index (κ2) is 13.3. The second-order valence-electron chi connectivity index (χ2n) is 17.7. The molecule has 292 valence electrons. The van der Waals surface area contributed by atoms with Crippen molar-refractivity contribution >= 4 is 76.4 Å². The summed E-state index contributed by atoms with van der Waals surface area (Å²) >= 11 is 1.89. The van der Waals surface area contributed by atoms with Crippen LogP contribution in [-0.2, 0) is 10.8 Å². The summed E-state index contributed by atoms with van der Waals surface area (Å²) in [5.74, 6) is 0. The van der Waals surface area contributed by atoms with Crippen LogP contribution in [0.5, 0.6) is 0 Å². The van der Waals surface area contributed by atoms with Gasteiger partial charge in [0.05, 0.1) is 22.7 Å². The Balaban J connectivity index is 1.14. The SMILES string of the molecule is CC1(C)c2ccccc2-c2ccc(N(c3ccccc3)c3ccc4ccccc4c3N3c4ccccc4C(C)(C)c4ccc(-c5cccc6c5sc5ccccc56)cc43)cc21. The molecule has 2 nitrogen and oxygen atoms in total. The number of hydrogen-bond acceptors (Lipinski definition) is 3. The van der Waals surface area contributed by atoms with E-state index in [0.717, 1.165) is 22.7 Å². The van der Waals surface area contributed by atoms with E-state index in [4.69, 9.17) is 0 Å². The van der Waals surface area contributed by atoms with Gasteiger partial charge in [0, 0.05) is 47.8 Å². The van der Waals surface area contributed by atoms with Gasteiger partial charge in [0.15, 0.2) is 0 Å². The van der Waals surface area contributed by atoms with Gasteiger partial charge in [-0.25, -0.2) is 0 Å². The van der Waals surface area contributed by atoms with E-state index < -0.39 is 0 Å². The molecule has 61 heavy (non-hydrogen) atoms. The normalized spacial score (nSPS) is 14.5. The Morgan fingerprint density at radius 2 is 1.08 bits per heavy atom. The molecule has 0 bridgehead atoms. The van der Waals surface area contributed by atoms with E-state index in [0.29, 0.717) is 0 Å². The minimum absolute atomic E-state index is 0.138. The molecule has 2 heterocycles. The summed E-state index contributed by atoms with van der Waals surface area (Å²) in [6.45, 7) is 9.52. The minimum atomic E-state index is -0.241. The van der Waals surface area contributed by atoms with E-state index in [2.05, 4.69) is 232 Å². The standard InChI is InChI=1S/C58H44N2S/c1-57(2)47-25-12-10-21-43(47)44-32-31-40(36-50(44)57)59(39-18-6-5-7-19-39)52-34-30-37-17-8-9-20-41(37)55(52)60-51-27-14-13-26-48(51)58(3,4)49-33-29-38(35-53(49)60)42-23-16-24-46-45-22-11-15-28-54(45)61-56(42)46/h5-36H,1-4H3. The van der Waals surface area contributed by atoms with Gasteiger partial charge in [0.2, 0.25) is 0 Å². The molecule has 0 N–H and O–H groups in total. The van der Waals surface area contributed by atoms with Crippen molar-refractivity contribution in [2.45, 2.75) is 38.5 Å². The molecule has 0 saturated carbocycles. The fraction of sp³-hybridized carbons (Fsp3) is 0.103. The van der Waals surface area contributed by atoms with Crippen LogP contribution in [0.1, 0.15) is 49.9 Å². The Labute approximate surface area is 361 Å². The zero-order valence-electron chi connectivity index (χ0n) is 34.8. The van der Waals surface area contributed by atoms with Crippen molar-refractivity contribution in [3.05, 3.63) is 216 Å². The van der Waals surface area contributed by atoms with Crippen molar-refractivity contribution in [1.29, 1.82) is 0 Å². The first-order chi connectivity index (χ1) is 29.8. The number of hydrogen-bond donors (Lipinski definition) is 0. The fourth-order valence-corrected chi connectivity index (χ4v) is 11.8. The predicted molar refractivity (Wildman–Crippen MR) is 261 cm³/mol. The summed E-state index contributed by atoms with van der Waals surface area (Å²) in [6, 6.07) is 72.4. The van der Waals surface area contributed by atoms with Crippen LogP contribution in [0.4, 0.5) is 34.1 Å². The number of nitrogens with zero attached hydrogens (tertiary/aromatic N) is 2. The summed E-state index contributed by atoms with van der Waals surface area (Å²) in [4.78, 5) is 5.08. The van der Waals surface area contributed by atoms with E-state index in [1.54, 1.807) is 0 Å². The number of thiophene rings is 1. The van der Waals surface area contributed by atoms with Crippen molar-refractivity contribution in [3.8, 4) is 22.3 Å². The van der Waals surface area contributed by atoms with Crippen LogP contribution < -0.4 is 9.80 Å². The minimum Gasteiger partial charge on any atom is -0.308 e. The van der Waals surface area contributed by atoms with Crippen molar-refractivity contribution < 1.29 is 0 Å². The summed E-state index contributed by atoms with van der Waals surface area (Å²) in [6.07, 6.45) is 0. The number of fused-ring (bicyclic) bond motifs is 9. The Kier molecular flexibility index (Phi) is 7.83. The lowest BCUT2D eigenvalue weighted by Gasteiger charge is -2.44. The van der Waals surface area contributed by atoms with Gasteiger partial charge in [-0.3, -0.25) is 0 Å². The quantitative estimate of drug-likeness (QED) is 0.171. The molecule has 12 rings (SSSR count). The van der Waals surface area contributed by atoms with Crippen molar-refractivity contribution in [2.24, 2.45) is 0 Å². The topological polar surface area (TPSA) is 6.48 Å². The molecule has 1 aromatic heterocycles. The molecule has 0 amide bonds. The average molecular weight is 801 g/mol. The second-order valence-corrected chi connectivity index (χ2v) is 18.8. The van der Waals surface area contributed by atoms with Gasteiger partial charge in [-0.05, 0) is 98.4 Å². The molecular weight excluding hydrogens is 757 g/mol. The van der Waals surface area contributed by atoms with Crippen LogP contribution in [0.3, 0.4) is 0 Å². The summed E-state index contributed by atoms with van der Waals surface area (Å²) in [5.41, 5.74) is 17.0. The van der Waals surface area contributed by atoms with Crippen LogP contribution in [0.25, 0.3) is 53.2 Å². The Hall–Kier alpha value is -6.94. The highest BCUT2D eigenvalue weighted by atomic mass is 32.1. The molecule has 1 aliphatic heterocycles. The lowest BCUT2D eigenvalue weighted by Crippen LogP contribution is -2.31. The summed E-state index contributed by atoms with van der Waals surface area (Å²) in [7, 11) is 0. The van der Waals surface area contributed by atoms with Crippen LogP contribution in [0, 0.1) is 0 Å². The van der Waals surface area contributed by atoms with Gasteiger partial charge in [0.1, 0.15) is 0 Å². The summed E-state index contributed by atoms with van der Waals surface area (Å²) < 4.78 is 2.65. The van der Waals surface area contributed by atoms with E-state index in [1.807, 2.05) is 11.3 Å². The zero-order chi connectivity index (χ0) is 41.0. The van der Waals surface area contributed by atoms with Gasteiger partial charge >= 0.3 is 0 Å². The van der Waals surface area contributed by atoms with Crippen LogP contribution in [0.15, 0.2) is 194 Å². The first-order valence-corrected chi connectivity index (χ1v) is 22.2. The van der Waals surface area contributed by atoms with E-state index >= 15 is 0 Å². The molecule has 0 fully saturated rings. The average Bonchev–Trinajstić information content (AvgIpc) is 3.79. The van der Waals surface area contributed by atoms with E-state index in [-0.39, 0.29) is 10.8 Å². The smallest absolute Gasteiger partial charge is 0.0781 e. The Morgan fingerprint density at radius 3 is 1.95 bits per heavy atom. The number of anilines is 6. The molecule has 10 aromatic rings. The van der Waals surface area contributed by atoms with Gasteiger partial charge in [0.25, 0.3) is 0 Å². The van der Waals surface area contributed by atoms with Crippen molar-refractivity contribution in [2.75, 3.05) is 9.80 Å². The lowest BCUT2D eigenvalue weighted by atomic mass is 9.73. The first-order valence-electron chi connectivity index (χ1n) is 21.4. The highest BCUT2D eigenvalue weighted by molar-refractivity contribution is 7.26. The maximum Gasteiger partial charge on any atom is 0.0781 e. The lowest BCUT2D eigenvalue weighted by molar-refractivity contribution is 0.632. The van der Waals surface area contributed by atoms with Crippen LogP contribution in [0.2, 0.25) is 0 Å². The van der Waals surface area contributed by atoms with Gasteiger partial charge in [-0.2, -0.15) is 0 Å². The highest BCUT2D eigenvalue weighted by Crippen LogP contribution is 2.58. The molecule has 0 atom stereocenters. The molecule has 9 aromatic carbocycles. The maximum atomic E-state index is 2.59. The van der Waals surface area contributed by atoms with Crippen molar-refractivity contribution in [1.82, 2.24) is 0 Å². The van der Waals surface area contributed by atoms with Gasteiger partial charge < -0.3 is 9.80 Å². The van der Waals surface area contributed by atoms with Gasteiger partial charge in [-0.15, -0.1) is 11.3 Å². The van der Waals surface area contributed by atoms with Crippen LogP contribution >= 0.6 is 11.3 Å². The third-order valence-corrected chi connectivity index (χ3v) is 14.8. The number of rotatable bonds is 5. The molecule has 1 aliphatic carbocycles. The predicted octanol–water partition coefficient (Wildman–Crippen LogP) is 16.8. The monoisotopic (exact) mass is 800 g/mol. The van der Waals surface area contributed by atoms with Gasteiger partial charge in [-0.1, -0.05) is 173 Å². The fourth-order valence-electron chi connectivity index (χ4n) is 10.6. The highest BCUT2D eigenvalue weighted by Gasteiger charge is 2.40. The molecule has 0 radical (unpaired) electrons. The largest absolute Gasteiger partial charge is 0.308 e. The number of para-hydroxylation sites is 2. The third kappa shape index (κ3) is 5.27. The van der Waals surface area contributed by atoms with Crippen molar-refractivity contribution in [3.63, 3.8) is 0 Å². The van der Waals surface area contributed by atoms with E-state index in [1.165, 1.54) is 86.8 Å². The Morgan fingerprint density at radius 1 is 0.426 bits per heavy atom. The molecule has 2 aliphatic rings. The summed E-state index contributed by atoms with van der Waals surface area (Å²) in [5, 5.41) is 5.04. The molecular formula is C58H44N2S. The molecule has 0 spiro atoms. The molecule has 3 heteroatoms. The maximum absolute atomic E-state index is 2.59. The number of benzene rings is 9.